The summed E-state index contributed by atoms with van der Waals surface area (Å²) in [5.74, 6) is -0.621. The van der Waals surface area contributed by atoms with Crippen molar-refractivity contribution in [2.75, 3.05) is 25.2 Å². The van der Waals surface area contributed by atoms with E-state index in [-0.39, 0.29) is 18.4 Å². The van der Waals surface area contributed by atoms with Crippen LogP contribution in [-0.4, -0.2) is 52.1 Å². The second-order valence-corrected chi connectivity index (χ2v) is 7.80. The van der Waals surface area contributed by atoms with Crippen LogP contribution in [0.1, 0.15) is 17.2 Å². The van der Waals surface area contributed by atoms with Crippen molar-refractivity contribution in [1.29, 1.82) is 0 Å². The van der Waals surface area contributed by atoms with Crippen LogP contribution in [0, 0.1) is 6.92 Å². The van der Waals surface area contributed by atoms with Crippen molar-refractivity contribution in [3.05, 3.63) is 84.2 Å². The summed E-state index contributed by atoms with van der Waals surface area (Å²) < 4.78 is 6.62. The van der Waals surface area contributed by atoms with E-state index < -0.39 is 6.04 Å². The van der Waals surface area contributed by atoms with Crippen molar-refractivity contribution in [2.45, 2.75) is 19.5 Å². The number of rotatable bonds is 9. The van der Waals surface area contributed by atoms with Gasteiger partial charge in [0.25, 0.3) is 0 Å². The SMILES string of the molecule is COCCNC(=O)C(c1ccncc1)N(C(=O)Cn1nnc2ccccc21)c1ccc(C)cc1. The van der Waals surface area contributed by atoms with Gasteiger partial charge in [-0.1, -0.05) is 35.0 Å². The molecule has 1 N–H and O–H groups in total. The van der Waals surface area contributed by atoms with Crippen molar-refractivity contribution < 1.29 is 14.3 Å². The first-order valence-electron chi connectivity index (χ1n) is 10.9. The molecule has 0 radical (unpaired) electrons. The van der Waals surface area contributed by atoms with Crippen LogP contribution in [0.2, 0.25) is 0 Å². The summed E-state index contributed by atoms with van der Waals surface area (Å²) in [7, 11) is 1.57. The number of fused-ring (bicyclic) bond motifs is 1. The predicted molar refractivity (Wildman–Crippen MR) is 128 cm³/mol. The Balaban J connectivity index is 1.75. The number of nitrogens with zero attached hydrogens (tertiary/aromatic N) is 5. The summed E-state index contributed by atoms with van der Waals surface area (Å²) in [6.45, 7) is 2.56. The van der Waals surface area contributed by atoms with Crippen LogP contribution in [0.4, 0.5) is 5.69 Å². The van der Waals surface area contributed by atoms with E-state index in [4.69, 9.17) is 4.74 Å². The zero-order valence-corrected chi connectivity index (χ0v) is 19.1. The molecule has 1 unspecified atom stereocenters. The number of para-hydroxylation sites is 1. The highest BCUT2D eigenvalue weighted by atomic mass is 16.5. The van der Waals surface area contributed by atoms with E-state index in [0.717, 1.165) is 11.1 Å². The molecule has 0 aliphatic carbocycles. The molecular formula is C25H26N6O3. The monoisotopic (exact) mass is 458 g/mol. The minimum Gasteiger partial charge on any atom is -0.383 e. The van der Waals surface area contributed by atoms with Gasteiger partial charge >= 0.3 is 0 Å². The quantitative estimate of drug-likeness (QED) is 0.387. The van der Waals surface area contributed by atoms with Crippen molar-refractivity contribution in [2.24, 2.45) is 0 Å². The van der Waals surface area contributed by atoms with Gasteiger partial charge in [0.05, 0.1) is 12.1 Å². The molecule has 0 spiro atoms. The number of pyridine rings is 1. The average Bonchev–Trinajstić information content (AvgIpc) is 3.26. The molecule has 4 aromatic rings. The number of nitrogens with one attached hydrogen (secondary N) is 1. The van der Waals surface area contributed by atoms with Gasteiger partial charge in [-0.3, -0.25) is 19.5 Å². The minimum absolute atomic E-state index is 0.0820. The van der Waals surface area contributed by atoms with E-state index in [9.17, 15) is 9.59 Å². The Hall–Kier alpha value is -4.11. The van der Waals surface area contributed by atoms with Crippen LogP contribution in [-0.2, 0) is 20.9 Å². The second kappa shape index (κ2) is 10.7. The molecule has 9 heteroatoms. The molecule has 2 amide bonds. The number of carbonyl (C=O) groups excluding carboxylic acids is 2. The van der Waals surface area contributed by atoms with Crippen molar-refractivity contribution in [3.8, 4) is 0 Å². The fourth-order valence-electron chi connectivity index (χ4n) is 3.72. The highest BCUT2D eigenvalue weighted by Crippen LogP contribution is 2.29. The first-order valence-corrected chi connectivity index (χ1v) is 10.9. The van der Waals surface area contributed by atoms with Crippen LogP contribution in [0.5, 0.6) is 0 Å². The zero-order valence-electron chi connectivity index (χ0n) is 19.1. The van der Waals surface area contributed by atoms with E-state index >= 15 is 0 Å². The number of anilines is 1. The smallest absolute Gasteiger partial charge is 0.249 e. The van der Waals surface area contributed by atoms with Crippen LogP contribution >= 0.6 is 0 Å². The molecule has 2 aromatic carbocycles. The van der Waals surface area contributed by atoms with E-state index in [1.807, 2.05) is 55.5 Å². The minimum atomic E-state index is -0.912. The zero-order chi connectivity index (χ0) is 23.9. The van der Waals surface area contributed by atoms with Crippen LogP contribution in [0.15, 0.2) is 73.1 Å². The van der Waals surface area contributed by atoms with E-state index in [0.29, 0.717) is 29.9 Å². The summed E-state index contributed by atoms with van der Waals surface area (Å²) in [6.07, 6.45) is 3.21. The Morgan fingerprint density at radius 1 is 1.06 bits per heavy atom. The van der Waals surface area contributed by atoms with Crippen molar-refractivity contribution in [3.63, 3.8) is 0 Å². The van der Waals surface area contributed by atoms with Gasteiger partial charge in [-0.05, 0) is 48.9 Å². The first-order chi connectivity index (χ1) is 16.6. The standard InChI is InChI=1S/C25H26N6O3/c1-18-7-9-20(10-8-18)31(23(32)17-30-22-6-4-3-5-21(22)28-29-30)24(19-11-13-26-14-12-19)25(33)27-15-16-34-2/h3-14,24H,15-17H2,1-2H3,(H,27,33). The van der Waals surface area contributed by atoms with Crippen LogP contribution in [0.25, 0.3) is 11.0 Å². The Morgan fingerprint density at radius 3 is 2.53 bits per heavy atom. The van der Waals surface area contributed by atoms with Gasteiger partial charge in [-0.25, -0.2) is 4.68 Å². The largest absolute Gasteiger partial charge is 0.383 e. The highest BCUT2D eigenvalue weighted by molar-refractivity contribution is 6.01. The van der Waals surface area contributed by atoms with Gasteiger partial charge < -0.3 is 10.1 Å². The molecule has 34 heavy (non-hydrogen) atoms. The summed E-state index contributed by atoms with van der Waals surface area (Å²) in [4.78, 5) is 32.8. The second-order valence-electron chi connectivity index (χ2n) is 7.80. The Bertz CT molecular complexity index is 1260. The van der Waals surface area contributed by atoms with E-state index in [1.165, 1.54) is 4.90 Å². The highest BCUT2D eigenvalue weighted by Gasteiger charge is 2.33. The maximum atomic E-state index is 13.8. The van der Waals surface area contributed by atoms with E-state index in [1.54, 1.807) is 36.3 Å². The molecule has 4 rings (SSSR count). The number of carbonyl (C=O) groups is 2. The number of hydrogen-bond donors (Lipinski definition) is 1. The summed E-state index contributed by atoms with van der Waals surface area (Å²) in [5.41, 5.74) is 3.72. The molecule has 9 nitrogen and oxygen atoms in total. The van der Waals surface area contributed by atoms with Gasteiger partial charge in [0, 0.05) is 31.7 Å². The molecule has 174 valence electrons. The van der Waals surface area contributed by atoms with Gasteiger partial charge in [0.1, 0.15) is 18.1 Å². The van der Waals surface area contributed by atoms with Gasteiger partial charge in [-0.2, -0.15) is 0 Å². The predicted octanol–water partition coefficient (Wildman–Crippen LogP) is 2.67. The fourth-order valence-corrected chi connectivity index (χ4v) is 3.72. The van der Waals surface area contributed by atoms with Gasteiger partial charge in [0.15, 0.2) is 0 Å². The Kier molecular flexibility index (Phi) is 7.24. The number of hydrogen-bond acceptors (Lipinski definition) is 6. The lowest BCUT2D eigenvalue weighted by atomic mass is 10.0. The molecule has 1 atom stereocenters. The maximum absolute atomic E-state index is 13.8. The number of benzene rings is 2. The van der Waals surface area contributed by atoms with Crippen molar-refractivity contribution >= 4 is 28.5 Å². The lowest BCUT2D eigenvalue weighted by Gasteiger charge is -2.31. The van der Waals surface area contributed by atoms with E-state index in [2.05, 4.69) is 20.6 Å². The summed E-state index contributed by atoms with van der Waals surface area (Å²) in [5, 5.41) is 11.2. The third kappa shape index (κ3) is 5.10. The van der Waals surface area contributed by atoms with Gasteiger partial charge in [0.2, 0.25) is 11.8 Å². The van der Waals surface area contributed by atoms with Crippen molar-refractivity contribution in [1.82, 2.24) is 25.3 Å². The van der Waals surface area contributed by atoms with Crippen LogP contribution < -0.4 is 10.2 Å². The third-order valence-electron chi connectivity index (χ3n) is 5.42. The molecule has 0 saturated heterocycles. The number of amides is 2. The Labute approximate surface area is 197 Å². The molecule has 0 bridgehead atoms. The summed E-state index contributed by atoms with van der Waals surface area (Å²) >= 11 is 0. The normalized spacial score (nSPS) is 11.8. The fraction of sp³-hybridized carbons (Fsp3) is 0.240. The van der Waals surface area contributed by atoms with Gasteiger partial charge in [-0.15, -0.1) is 5.10 Å². The first kappa shape index (κ1) is 23.1. The molecule has 2 heterocycles. The molecular weight excluding hydrogens is 432 g/mol. The van der Waals surface area contributed by atoms with Crippen LogP contribution in [0.3, 0.4) is 0 Å². The number of ether oxygens (including phenoxy) is 1. The molecule has 0 saturated carbocycles. The number of methoxy groups -OCH3 is 1. The number of aryl methyl sites for hydroxylation is 1. The topological polar surface area (TPSA) is 102 Å². The third-order valence-corrected chi connectivity index (χ3v) is 5.42. The Morgan fingerprint density at radius 2 is 1.79 bits per heavy atom. The molecule has 0 aliphatic rings. The average molecular weight is 459 g/mol. The lowest BCUT2D eigenvalue weighted by molar-refractivity contribution is -0.127. The molecule has 0 fully saturated rings. The number of aromatic nitrogens is 4. The molecule has 0 aliphatic heterocycles. The molecule has 2 aromatic heterocycles. The summed E-state index contributed by atoms with van der Waals surface area (Å²) in [6, 6.07) is 17.5. The maximum Gasteiger partial charge on any atom is 0.249 e. The lowest BCUT2D eigenvalue weighted by Crippen LogP contribution is -2.46.